The number of hydrogen-bond donors (Lipinski definition) is 1. The Bertz CT molecular complexity index is 672. The minimum absolute atomic E-state index is 0.246. The Morgan fingerprint density at radius 3 is 2.82 bits per heavy atom. The summed E-state index contributed by atoms with van der Waals surface area (Å²) in [6.07, 6.45) is 5.07. The van der Waals surface area contributed by atoms with E-state index < -0.39 is 0 Å². The molecule has 0 radical (unpaired) electrons. The molecule has 2 rings (SSSR count). The van der Waals surface area contributed by atoms with Gasteiger partial charge in [0.1, 0.15) is 18.3 Å². The summed E-state index contributed by atoms with van der Waals surface area (Å²) in [7, 11) is 2.89. The summed E-state index contributed by atoms with van der Waals surface area (Å²) in [4.78, 5) is 31.0. The van der Waals surface area contributed by atoms with Crippen LogP contribution < -0.4 is 10.00 Å². The quantitative estimate of drug-likeness (QED) is 0.604. The van der Waals surface area contributed by atoms with Crippen LogP contribution in [0.2, 0.25) is 0 Å². The molecule has 0 aliphatic heterocycles. The fraction of sp³-hybridized carbons (Fsp3) is 0.286. The van der Waals surface area contributed by atoms with Gasteiger partial charge in [-0.05, 0) is 11.2 Å². The van der Waals surface area contributed by atoms with E-state index in [0.717, 1.165) is 0 Å². The number of aryl methyl sites for hydroxylation is 1. The highest BCUT2D eigenvalue weighted by Crippen LogP contribution is 2.11. The van der Waals surface area contributed by atoms with Crippen molar-refractivity contribution >= 4 is 11.9 Å². The lowest BCUT2D eigenvalue weighted by Crippen LogP contribution is -2.38. The average molecular weight is 302 g/mol. The fourth-order valence-corrected chi connectivity index (χ4v) is 1.71. The third kappa shape index (κ3) is 3.81. The van der Waals surface area contributed by atoms with Gasteiger partial charge < -0.3 is 10.1 Å². The molecule has 0 bridgehead atoms. The molecule has 0 fully saturated rings. The van der Waals surface area contributed by atoms with Gasteiger partial charge in [-0.1, -0.05) is 4.68 Å². The molecule has 0 aliphatic rings. The summed E-state index contributed by atoms with van der Waals surface area (Å²) in [6.45, 7) is 0.423. The van der Waals surface area contributed by atoms with Crippen molar-refractivity contribution in [2.45, 2.75) is 13.0 Å². The largest absolute Gasteiger partial charge is 0.469 e. The number of nitrogens with zero attached hydrogens (tertiary/aromatic N) is 4. The predicted octanol–water partition coefficient (Wildman–Crippen LogP) is -0.251. The van der Waals surface area contributed by atoms with Crippen molar-refractivity contribution in [3.8, 4) is 11.4 Å². The van der Waals surface area contributed by atoms with Crippen molar-refractivity contribution in [3.05, 3.63) is 36.4 Å². The third-order valence-electron chi connectivity index (χ3n) is 2.92. The number of ether oxygens (including phenoxy) is 1. The molecular formula is C14H16N5O3+. The highest BCUT2D eigenvalue weighted by molar-refractivity contribution is 5.92. The molecule has 0 saturated carbocycles. The van der Waals surface area contributed by atoms with Crippen LogP contribution >= 0.6 is 0 Å². The third-order valence-corrected chi connectivity index (χ3v) is 2.92. The number of aromatic nitrogens is 4. The van der Waals surface area contributed by atoms with E-state index in [1.807, 2.05) is 0 Å². The smallest absolute Gasteiger partial charge is 0.312 e. The molecule has 0 saturated heterocycles. The highest BCUT2D eigenvalue weighted by atomic mass is 16.5. The van der Waals surface area contributed by atoms with Crippen molar-refractivity contribution in [3.63, 3.8) is 0 Å². The predicted molar refractivity (Wildman–Crippen MR) is 75.5 cm³/mol. The first-order valence-corrected chi connectivity index (χ1v) is 6.62. The van der Waals surface area contributed by atoms with Crippen LogP contribution in [0.5, 0.6) is 0 Å². The number of nitrogens with one attached hydrogen (secondary N) is 1. The summed E-state index contributed by atoms with van der Waals surface area (Å²) in [5.41, 5.74) is 0.968. The summed E-state index contributed by atoms with van der Waals surface area (Å²) < 4.78 is 6.19. The summed E-state index contributed by atoms with van der Waals surface area (Å²) in [6, 6.07) is 3.31. The molecule has 0 unspecified atom stereocenters. The molecule has 2 heterocycles. The van der Waals surface area contributed by atoms with Gasteiger partial charge in [-0.2, -0.15) is 0 Å². The Labute approximate surface area is 127 Å². The molecule has 1 N–H and O–H groups in total. The second-order valence-corrected chi connectivity index (χ2v) is 4.35. The molecule has 0 atom stereocenters. The van der Waals surface area contributed by atoms with Gasteiger partial charge in [0, 0.05) is 24.9 Å². The fourth-order valence-electron chi connectivity index (χ4n) is 1.71. The molecule has 0 spiro atoms. The Kier molecular flexibility index (Phi) is 5.07. The van der Waals surface area contributed by atoms with Crippen molar-refractivity contribution < 1.29 is 19.0 Å². The van der Waals surface area contributed by atoms with Gasteiger partial charge in [-0.25, -0.2) is 9.97 Å². The van der Waals surface area contributed by atoms with Crippen LogP contribution in [-0.4, -0.2) is 41.1 Å². The Balaban J connectivity index is 2.13. The first-order chi connectivity index (χ1) is 10.6. The molecular weight excluding hydrogens is 286 g/mol. The molecule has 8 heteroatoms. The molecule has 0 aliphatic carbocycles. The molecule has 1 amide bonds. The summed E-state index contributed by atoms with van der Waals surface area (Å²) in [5.74, 6) is -0.158. The normalized spacial score (nSPS) is 10.1. The van der Waals surface area contributed by atoms with Crippen LogP contribution in [0.15, 0.2) is 30.7 Å². The van der Waals surface area contributed by atoms with Crippen LogP contribution in [-0.2, 0) is 16.1 Å². The maximum absolute atomic E-state index is 11.6. The topological polar surface area (TPSA) is 98.0 Å². The zero-order chi connectivity index (χ0) is 15.9. The summed E-state index contributed by atoms with van der Waals surface area (Å²) in [5, 5.41) is 6.69. The van der Waals surface area contributed by atoms with Crippen molar-refractivity contribution in [2.24, 2.45) is 0 Å². The standard InChI is InChI=1S/C14H15N5O3/c1-15-14(21)11-3-6-16-13(18-11)10-4-7-19(17-9-10)8-5-12(20)22-2/h3-4,6-7,9H,5,8H2,1-2H3/p+1. The van der Waals surface area contributed by atoms with Gasteiger partial charge in [0.25, 0.3) is 5.91 Å². The zero-order valence-corrected chi connectivity index (χ0v) is 12.3. The summed E-state index contributed by atoms with van der Waals surface area (Å²) >= 11 is 0. The van der Waals surface area contributed by atoms with Crippen molar-refractivity contribution in [1.82, 2.24) is 20.4 Å². The van der Waals surface area contributed by atoms with Crippen LogP contribution in [0.3, 0.4) is 0 Å². The molecule has 22 heavy (non-hydrogen) atoms. The van der Waals surface area contributed by atoms with Gasteiger partial charge in [0.2, 0.25) is 0 Å². The van der Waals surface area contributed by atoms with Gasteiger partial charge in [-0.3, -0.25) is 9.59 Å². The van der Waals surface area contributed by atoms with Crippen molar-refractivity contribution in [2.75, 3.05) is 14.2 Å². The maximum Gasteiger partial charge on any atom is 0.312 e. The second-order valence-electron chi connectivity index (χ2n) is 4.35. The Morgan fingerprint density at radius 1 is 1.36 bits per heavy atom. The van der Waals surface area contributed by atoms with E-state index in [4.69, 9.17) is 0 Å². The SMILES string of the molecule is CNC(=O)c1ccnc(-c2cc[n+](CCC(=O)OC)nc2)n1. The number of carbonyl (C=O) groups excluding carboxylic acids is 2. The number of amides is 1. The van der Waals surface area contributed by atoms with Gasteiger partial charge >= 0.3 is 5.97 Å². The van der Waals surface area contributed by atoms with E-state index in [9.17, 15) is 9.59 Å². The van der Waals surface area contributed by atoms with Crippen LogP contribution in [0.1, 0.15) is 16.9 Å². The van der Waals surface area contributed by atoms with E-state index in [1.54, 1.807) is 30.2 Å². The number of esters is 1. The first-order valence-electron chi connectivity index (χ1n) is 6.62. The van der Waals surface area contributed by atoms with E-state index >= 15 is 0 Å². The van der Waals surface area contributed by atoms with E-state index in [2.05, 4.69) is 25.1 Å². The monoisotopic (exact) mass is 302 g/mol. The lowest BCUT2D eigenvalue weighted by Gasteiger charge is -2.02. The molecule has 0 aromatic carbocycles. The molecule has 2 aromatic heterocycles. The lowest BCUT2D eigenvalue weighted by atomic mass is 10.2. The molecule has 114 valence electrons. The lowest BCUT2D eigenvalue weighted by molar-refractivity contribution is -0.752. The van der Waals surface area contributed by atoms with Gasteiger partial charge in [-0.15, -0.1) is 0 Å². The van der Waals surface area contributed by atoms with Gasteiger partial charge in [0.15, 0.2) is 18.6 Å². The first kappa shape index (κ1) is 15.5. The maximum atomic E-state index is 11.6. The van der Waals surface area contributed by atoms with Crippen LogP contribution in [0.25, 0.3) is 11.4 Å². The van der Waals surface area contributed by atoms with E-state index in [1.165, 1.54) is 19.4 Å². The number of hydrogen-bond acceptors (Lipinski definition) is 6. The highest BCUT2D eigenvalue weighted by Gasteiger charge is 2.11. The minimum Gasteiger partial charge on any atom is -0.469 e. The number of carbonyl (C=O) groups is 2. The average Bonchev–Trinajstić information content (AvgIpc) is 2.59. The van der Waals surface area contributed by atoms with Crippen LogP contribution in [0, 0.1) is 0 Å². The zero-order valence-electron chi connectivity index (χ0n) is 12.3. The van der Waals surface area contributed by atoms with Crippen molar-refractivity contribution in [1.29, 1.82) is 0 Å². The minimum atomic E-state index is -0.292. The van der Waals surface area contributed by atoms with Gasteiger partial charge in [0.05, 0.1) is 7.11 Å². The number of rotatable bonds is 5. The second kappa shape index (κ2) is 7.21. The van der Waals surface area contributed by atoms with E-state index in [-0.39, 0.29) is 24.0 Å². The molecule has 2 aromatic rings. The van der Waals surface area contributed by atoms with E-state index in [0.29, 0.717) is 17.9 Å². The Hall–Kier alpha value is -2.90. The molecule has 8 nitrogen and oxygen atoms in total. The Morgan fingerprint density at radius 2 is 2.18 bits per heavy atom. The van der Waals surface area contributed by atoms with Crippen LogP contribution in [0.4, 0.5) is 0 Å². The number of methoxy groups -OCH3 is 1.